The van der Waals surface area contributed by atoms with Crippen LogP contribution in [0.5, 0.6) is 0 Å². The molecule has 2 aromatic carbocycles. The third kappa shape index (κ3) is 4.00. The van der Waals surface area contributed by atoms with E-state index in [1.54, 1.807) is 17.8 Å². The number of hydrogen-bond donors (Lipinski definition) is 1. The van der Waals surface area contributed by atoms with E-state index in [9.17, 15) is 4.79 Å². The van der Waals surface area contributed by atoms with Gasteiger partial charge in [0.15, 0.2) is 0 Å². The van der Waals surface area contributed by atoms with E-state index < -0.39 is 5.97 Å². The molecule has 0 saturated heterocycles. The van der Waals surface area contributed by atoms with Crippen molar-refractivity contribution in [3.05, 3.63) is 71.3 Å². The lowest BCUT2D eigenvalue weighted by molar-refractivity contribution is 0.0696. The summed E-state index contributed by atoms with van der Waals surface area (Å²) < 4.78 is 0. The second kappa shape index (κ2) is 6.96. The Labute approximate surface area is 123 Å². The van der Waals surface area contributed by atoms with Crippen LogP contribution in [0, 0.1) is 6.92 Å². The number of carboxylic acid groups (broad SMARTS) is 1. The van der Waals surface area contributed by atoms with Crippen LogP contribution < -0.4 is 0 Å². The molecule has 2 aromatic rings. The second-order valence-corrected chi connectivity index (χ2v) is 5.50. The molecular formula is C17H16O2S. The fourth-order valence-electron chi connectivity index (χ4n) is 1.81. The number of thioether (sulfide) groups is 1. The minimum atomic E-state index is -0.871. The molecule has 0 heterocycles. The Balaban J connectivity index is 1.96. The van der Waals surface area contributed by atoms with Crippen LogP contribution in [0.2, 0.25) is 0 Å². The summed E-state index contributed by atoms with van der Waals surface area (Å²) in [5.74, 6) is -0.0541. The largest absolute Gasteiger partial charge is 0.478 e. The van der Waals surface area contributed by atoms with Crippen molar-refractivity contribution >= 4 is 23.8 Å². The molecule has 20 heavy (non-hydrogen) atoms. The number of aryl methyl sites for hydroxylation is 1. The summed E-state index contributed by atoms with van der Waals surface area (Å²) in [6, 6.07) is 15.7. The molecule has 3 heteroatoms. The van der Waals surface area contributed by atoms with Crippen LogP contribution in [0.3, 0.4) is 0 Å². The van der Waals surface area contributed by atoms with Crippen molar-refractivity contribution in [3.8, 4) is 0 Å². The van der Waals surface area contributed by atoms with Crippen molar-refractivity contribution in [2.24, 2.45) is 0 Å². The lowest BCUT2D eigenvalue weighted by Gasteiger charge is -2.04. The minimum absolute atomic E-state index is 0.377. The number of benzene rings is 2. The fourth-order valence-corrected chi connectivity index (χ4v) is 2.56. The van der Waals surface area contributed by atoms with E-state index in [1.807, 2.05) is 37.3 Å². The topological polar surface area (TPSA) is 37.3 Å². The van der Waals surface area contributed by atoms with Crippen LogP contribution in [0.1, 0.15) is 21.5 Å². The Bertz CT molecular complexity index is 618. The molecule has 0 fully saturated rings. The number of carboxylic acids is 1. The maximum Gasteiger partial charge on any atom is 0.335 e. The first-order chi connectivity index (χ1) is 9.66. The Kier molecular flexibility index (Phi) is 5.02. The number of carbonyl (C=O) groups is 1. The minimum Gasteiger partial charge on any atom is -0.478 e. The first-order valence-electron chi connectivity index (χ1n) is 6.35. The number of hydrogen-bond acceptors (Lipinski definition) is 2. The van der Waals surface area contributed by atoms with E-state index in [1.165, 1.54) is 5.56 Å². The highest BCUT2D eigenvalue weighted by molar-refractivity contribution is 7.99. The van der Waals surface area contributed by atoms with E-state index in [2.05, 4.69) is 24.3 Å². The van der Waals surface area contributed by atoms with Gasteiger partial charge < -0.3 is 5.11 Å². The predicted octanol–water partition coefficient (Wildman–Crippen LogP) is 4.50. The lowest BCUT2D eigenvalue weighted by Crippen LogP contribution is -1.99. The summed E-state index contributed by atoms with van der Waals surface area (Å²) in [6.45, 7) is 1.81. The van der Waals surface area contributed by atoms with Gasteiger partial charge in [0.25, 0.3) is 0 Å². The zero-order valence-corrected chi connectivity index (χ0v) is 12.1. The average Bonchev–Trinajstić information content (AvgIpc) is 2.46. The van der Waals surface area contributed by atoms with Gasteiger partial charge in [0, 0.05) is 10.6 Å². The van der Waals surface area contributed by atoms with Gasteiger partial charge in [-0.1, -0.05) is 48.6 Å². The summed E-state index contributed by atoms with van der Waals surface area (Å²) in [4.78, 5) is 12.0. The molecule has 2 rings (SSSR count). The molecule has 0 unspecified atom stereocenters. The van der Waals surface area contributed by atoms with E-state index in [-0.39, 0.29) is 0 Å². The Morgan fingerprint density at radius 1 is 1.20 bits per heavy atom. The third-order valence-electron chi connectivity index (χ3n) is 2.90. The van der Waals surface area contributed by atoms with Gasteiger partial charge in [-0.05, 0) is 30.2 Å². The van der Waals surface area contributed by atoms with Crippen LogP contribution in [0.4, 0.5) is 0 Å². The van der Waals surface area contributed by atoms with Crippen LogP contribution >= 0.6 is 11.8 Å². The van der Waals surface area contributed by atoms with Crippen LogP contribution in [0.15, 0.2) is 59.5 Å². The summed E-state index contributed by atoms with van der Waals surface area (Å²) in [7, 11) is 0. The number of rotatable bonds is 5. The zero-order valence-electron chi connectivity index (χ0n) is 11.2. The molecule has 0 aromatic heterocycles. The normalized spacial score (nSPS) is 10.8. The van der Waals surface area contributed by atoms with Crippen molar-refractivity contribution in [3.63, 3.8) is 0 Å². The molecule has 0 amide bonds. The van der Waals surface area contributed by atoms with Gasteiger partial charge in [-0.25, -0.2) is 4.79 Å². The van der Waals surface area contributed by atoms with Crippen LogP contribution in [-0.4, -0.2) is 16.8 Å². The highest BCUT2D eigenvalue weighted by atomic mass is 32.2. The van der Waals surface area contributed by atoms with E-state index in [4.69, 9.17) is 5.11 Å². The SMILES string of the molecule is Cc1ccc(SC/C=C/c2ccccc2)cc1C(=O)O. The third-order valence-corrected chi connectivity index (χ3v) is 3.84. The predicted molar refractivity (Wildman–Crippen MR) is 84.3 cm³/mol. The van der Waals surface area contributed by atoms with Gasteiger partial charge in [0.05, 0.1) is 5.56 Å². The first-order valence-corrected chi connectivity index (χ1v) is 7.34. The van der Waals surface area contributed by atoms with Crippen LogP contribution in [-0.2, 0) is 0 Å². The maximum atomic E-state index is 11.1. The van der Waals surface area contributed by atoms with Gasteiger partial charge in [-0.15, -0.1) is 11.8 Å². The average molecular weight is 284 g/mol. The molecule has 0 aliphatic carbocycles. The second-order valence-electron chi connectivity index (χ2n) is 4.41. The van der Waals surface area contributed by atoms with Crippen molar-refractivity contribution in [2.45, 2.75) is 11.8 Å². The summed E-state index contributed by atoms with van der Waals surface area (Å²) >= 11 is 1.63. The van der Waals surface area contributed by atoms with Gasteiger partial charge >= 0.3 is 5.97 Å². The van der Waals surface area contributed by atoms with Crippen LogP contribution in [0.25, 0.3) is 6.08 Å². The zero-order chi connectivity index (χ0) is 14.4. The number of aromatic carboxylic acids is 1. The molecule has 1 N–H and O–H groups in total. The Morgan fingerprint density at radius 3 is 2.65 bits per heavy atom. The van der Waals surface area contributed by atoms with Crippen molar-refractivity contribution in [1.82, 2.24) is 0 Å². The van der Waals surface area contributed by atoms with E-state index >= 15 is 0 Å². The first kappa shape index (κ1) is 14.4. The molecule has 0 aliphatic heterocycles. The molecule has 0 bridgehead atoms. The monoisotopic (exact) mass is 284 g/mol. The summed E-state index contributed by atoms with van der Waals surface area (Å²) in [5.41, 5.74) is 2.34. The van der Waals surface area contributed by atoms with Crippen molar-refractivity contribution in [2.75, 3.05) is 5.75 Å². The Hall–Kier alpha value is -2.00. The molecule has 0 radical (unpaired) electrons. The highest BCUT2D eigenvalue weighted by Crippen LogP contribution is 2.22. The van der Waals surface area contributed by atoms with E-state index in [0.29, 0.717) is 5.56 Å². The molecule has 0 saturated carbocycles. The quantitative estimate of drug-likeness (QED) is 0.821. The molecule has 0 atom stereocenters. The molecular weight excluding hydrogens is 268 g/mol. The van der Waals surface area contributed by atoms with Crippen molar-refractivity contribution in [1.29, 1.82) is 0 Å². The van der Waals surface area contributed by atoms with Crippen molar-refractivity contribution < 1.29 is 9.90 Å². The Morgan fingerprint density at radius 2 is 1.95 bits per heavy atom. The van der Waals surface area contributed by atoms with Gasteiger partial charge in [-0.2, -0.15) is 0 Å². The molecule has 2 nitrogen and oxygen atoms in total. The highest BCUT2D eigenvalue weighted by Gasteiger charge is 2.07. The van der Waals surface area contributed by atoms with E-state index in [0.717, 1.165) is 16.2 Å². The standard InChI is InChI=1S/C17H16O2S/c1-13-9-10-15(12-16(13)17(18)19)20-11-5-8-14-6-3-2-4-7-14/h2-10,12H,11H2,1H3,(H,18,19)/b8-5+. The fraction of sp³-hybridized carbons (Fsp3) is 0.118. The van der Waals surface area contributed by atoms with Gasteiger partial charge in [-0.3, -0.25) is 0 Å². The molecule has 102 valence electrons. The maximum absolute atomic E-state index is 11.1. The smallest absolute Gasteiger partial charge is 0.335 e. The molecule has 0 aliphatic rings. The van der Waals surface area contributed by atoms with Gasteiger partial charge in [0.2, 0.25) is 0 Å². The summed E-state index contributed by atoms with van der Waals surface area (Å²) in [5, 5.41) is 9.09. The summed E-state index contributed by atoms with van der Waals surface area (Å²) in [6.07, 6.45) is 4.15. The van der Waals surface area contributed by atoms with Gasteiger partial charge in [0.1, 0.15) is 0 Å². The molecule has 0 spiro atoms. The lowest BCUT2D eigenvalue weighted by atomic mass is 10.1.